The Bertz CT molecular complexity index is 583. The molecule has 0 bridgehead atoms. The van der Waals surface area contributed by atoms with Crippen molar-refractivity contribution in [3.8, 4) is 0 Å². The van der Waals surface area contributed by atoms with Crippen LogP contribution in [0.2, 0.25) is 0 Å². The summed E-state index contributed by atoms with van der Waals surface area (Å²) in [6.45, 7) is 3.05. The zero-order chi connectivity index (χ0) is 18.5. The highest BCUT2D eigenvalue weighted by molar-refractivity contribution is 5.78. The zero-order valence-electron chi connectivity index (χ0n) is 16.2. The van der Waals surface area contributed by atoms with Gasteiger partial charge in [0.15, 0.2) is 0 Å². The number of benzene rings is 1. The number of nitrogens with zero attached hydrogens (tertiary/aromatic N) is 3. The molecule has 1 saturated heterocycles. The fraction of sp³-hybridized carbons (Fsp3) is 0.667. The van der Waals surface area contributed by atoms with Gasteiger partial charge in [-0.3, -0.25) is 9.69 Å². The van der Waals surface area contributed by atoms with Gasteiger partial charge in [0, 0.05) is 31.7 Å². The second-order valence-corrected chi connectivity index (χ2v) is 8.08. The van der Waals surface area contributed by atoms with Crippen molar-refractivity contribution in [3.63, 3.8) is 0 Å². The molecule has 2 fully saturated rings. The molecule has 26 heavy (non-hydrogen) atoms. The van der Waals surface area contributed by atoms with Gasteiger partial charge in [-0.25, -0.2) is 4.39 Å². The van der Waals surface area contributed by atoms with Crippen molar-refractivity contribution >= 4 is 5.91 Å². The van der Waals surface area contributed by atoms with Crippen LogP contribution >= 0.6 is 0 Å². The number of likely N-dealkylation sites (N-methyl/N-ethyl adjacent to an activating group) is 1. The monoisotopic (exact) mass is 361 g/mol. The Kier molecular flexibility index (Phi) is 6.65. The topological polar surface area (TPSA) is 26.8 Å². The zero-order valence-corrected chi connectivity index (χ0v) is 16.2. The van der Waals surface area contributed by atoms with Crippen LogP contribution in [0.15, 0.2) is 24.3 Å². The van der Waals surface area contributed by atoms with E-state index in [4.69, 9.17) is 0 Å². The van der Waals surface area contributed by atoms with Crippen LogP contribution in [0, 0.1) is 5.82 Å². The summed E-state index contributed by atoms with van der Waals surface area (Å²) in [7, 11) is 4.22. The smallest absolute Gasteiger partial charge is 0.237 e. The van der Waals surface area contributed by atoms with Gasteiger partial charge in [-0.1, -0.05) is 31.4 Å². The SMILES string of the molecule is CN(C)[C@H]1CCN(CC(=O)N(Cc2ccc(F)cc2)C2CCCCC2)C1. The molecule has 0 aromatic heterocycles. The Morgan fingerprint density at radius 3 is 2.38 bits per heavy atom. The Morgan fingerprint density at radius 1 is 1.08 bits per heavy atom. The Morgan fingerprint density at radius 2 is 1.77 bits per heavy atom. The van der Waals surface area contributed by atoms with Crippen molar-refractivity contribution < 1.29 is 9.18 Å². The van der Waals surface area contributed by atoms with Crippen LogP contribution in [0.5, 0.6) is 0 Å². The van der Waals surface area contributed by atoms with Crippen molar-refractivity contribution in [2.75, 3.05) is 33.7 Å². The first-order valence-corrected chi connectivity index (χ1v) is 9.95. The lowest BCUT2D eigenvalue weighted by molar-refractivity contribution is -0.136. The van der Waals surface area contributed by atoms with E-state index in [2.05, 4.69) is 28.8 Å². The minimum Gasteiger partial charge on any atom is -0.334 e. The summed E-state index contributed by atoms with van der Waals surface area (Å²) in [5.74, 6) is -0.00304. The molecule has 1 aromatic rings. The van der Waals surface area contributed by atoms with Crippen molar-refractivity contribution in [1.29, 1.82) is 0 Å². The first-order valence-electron chi connectivity index (χ1n) is 9.95. The van der Waals surface area contributed by atoms with Gasteiger partial charge in [-0.15, -0.1) is 0 Å². The Hall–Kier alpha value is -1.46. The maximum atomic E-state index is 13.2. The van der Waals surface area contributed by atoms with Gasteiger partial charge in [0.05, 0.1) is 6.54 Å². The largest absolute Gasteiger partial charge is 0.334 e. The summed E-state index contributed by atoms with van der Waals surface area (Å²) in [4.78, 5) is 19.7. The molecule has 0 spiro atoms. The highest BCUT2D eigenvalue weighted by Gasteiger charge is 2.30. The summed E-state index contributed by atoms with van der Waals surface area (Å²) in [6, 6.07) is 7.45. The van der Waals surface area contributed by atoms with E-state index in [0.717, 1.165) is 37.9 Å². The highest BCUT2D eigenvalue weighted by atomic mass is 19.1. The number of hydrogen-bond donors (Lipinski definition) is 0. The van der Waals surface area contributed by atoms with Crippen LogP contribution in [0.25, 0.3) is 0 Å². The number of halogens is 1. The molecular weight excluding hydrogens is 329 g/mol. The number of rotatable bonds is 6. The average molecular weight is 362 g/mol. The first-order chi connectivity index (χ1) is 12.5. The van der Waals surface area contributed by atoms with Crippen LogP contribution < -0.4 is 0 Å². The quantitative estimate of drug-likeness (QED) is 0.779. The third-order valence-corrected chi connectivity index (χ3v) is 5.94. The molecule has 0 N–H and O–H groups in total. The lowest BCUT2D eigenvalue weighted by Gasteiger charge is -2.35. The standard InChI is InChI=1S/C21H32FN3O/c1-23(2)20-12-13-24(15-20)16-21(26)25(19-6-4-3-5-7-19)14-17-8-10-18(22)11-9-17/h8-11,19-20H,3-7,12-16H2,1-2H3/t20-/m0/s1. The molecule has 1 aromatic carbocycles. The molecule has 1 aliphatic carbocycles. The van der Waals surface area contributed by atoms with Crippen molar-refractivity contribution in [2.24, 2.45) is 0 Å². The van der Waals surface area contributed by atoms with Crippen molar-refractivity contribution in [3.05, 3.63) is 35.6 Å². The molecule has 2 aliphatic rings. The maximum Gasteiger partial charge on any atom is 0.237 e. The molecule has 1 saturated carbocycles. The van der Waals surface area contributed by atoms with Gasteiger partial charge < -0.3 is 9.80 Å². The van der Waals surface area contributed by atoms with Crippen molar-refractivity contribution in [2.45, 2.75) is 57.2 Å². The number of amides is 1. The minimum atomic E-state index is -0.226. The van der Waals surface area contributed by atoms with Gasteiger partial charge in [0.1, 0.15) is 5.82 Å². The molecular formula is C21H32FN3O. The number of carbonyl (C=O) groups excluding carboxylic acids is 1. The van der Waals surface area contributed by atoms with Crippen LogP contribution in [-0.2, 0) is 11.3 Å². The average Bonchev–Trinajstić information content (AvgIpc) is 3.10. The summed E-state index contributed by atoms with van der Waals surface area (Å²) in [5, 5.41) is 0. The molecule has 144 valence electrons. The first kappa shape index (κ1) is 19.3. The van der Waals surface area contributed by atoms with Gasteiger partial charge in [-0.05, 0) is 51.1 Å². The van der Waals surface area contributed by atoms with Crippen molar-refractivity contribution in [1.82, 2.24) is 14.7 Å². The lowest BCUT2D eigenvalue weighted by atomic mass is 9.93. The lowest BCUT2D eigenvalue weighted by Crippen LogP contribution is -2.46. The third kappa shape index (κ3) is 5.04. The van der Waals surface area contributed by atoms with E-state index < -0.39 is 0 Å². The van der Waals surface area contributed by atoms with Gasteiger partial charge in [-0.2, -0.15) is 0 Å². The fourth-order valence-corrected chi connectivity index (χ4v) is 4.26. The van der Waals surface area contributed by atoms with E-state index in [-0.39, 0.29) is 11.7 Å². The molecule has 1 heterocycles. The van der Waals surface area contributed by atoms with Gasteiger partial charge in [0.2, 0.25) is 5.91 Å². The normalized spacial score (nSPS) is 22.1. The summed E-state index contributed by atoms with van der Waals surface area (Å²) >= 11 is 0. The van der Waals surface area contributed by atoms with Crippen LogP contribution in [0.1, 0.15) is 44.1 Å². The van der Waals surface area contributed by atoms with E-state index in [1.54, 1.807) is 12.1 Å². The van der Waals surface area contributed by atoms with Crippen LogP contribution in [-0.4, -0.2) is 66.4 Å². The van der Waals surface area contributed by atoms with Crippen LogP contribution in [0.4, 0.5) is 4.39 Å². The predicted octanol–water partition coefficient (Wildman–Crippen LogP) is 3.12. The fourth-order valence-electron chi connectivity index (χ4n) is 4.26. The van der Waals surface area contributed by atoms with E-state index in [9.17, 15) is 9.18 Å². The summed E-state index contributed by atoms with van der Waals surface area (Å²) in [5.41, 5.74) is 1.01. The van der Waals surface area contributed by atoms with E-state index in [1.807, 2.05) is 0 Å². The Balaban J connectivity index is 1.66. The summed E-state index contributed by atoms with van der Waals surface area (Å²) in [6.07, 6.45) is 6.97. The number of carbonyl (C=O) groups is 1. The second-order valence-electron chi connectivity index (χ2n) is 8.08. The third-order valence-electron chi connectivity index (χ3n) is 5.94. The van der Waals surface area contributed by atoms with E-state index >= 15 is 0 Å². The van der Waals surface area contributed by atoms with Crippen LogP contribution in [0.3, 0.4) is 0 Å². The molecule has 4 nitrogen and oxygen atoms in total. The van der Waals surface area contributed by atoms with Gasteiger partial charge in [0.25, 0.3) is 0 Å². The molecule has 1 amide bonds. The van der Waals surface area contributed by atoms with E-state index in [1.165, 1.54) is 31.4 Å². The number of hydrogen-bond acceptors (Lipinski definition) is 3. The molecule has 0 unspecified atom stereocenters. The molecule has 1 aliphatic heterocycles. The maximum absolute atomic E-state index is 13.2. The number of likely N-dealkylation sites (tertiary alicyclic amines) is 1. The highest BCUT2D eigenvalue weighted by Crippen LogP contribution is 2.25. The van der Waals surface area contributed by atoms with E-state index in [0.29, 0.717) is 25.2 Å². The predicted molar refractivity (Wildman–Crippen MR) is 102 cm³/mol. The summed E-state index contributed by atoms with van der Waals surface area (Å²) < 4.78 is 13.2. The molecule has 3 rings (SSSR count). The molecule has 5 heteroatoms. The van der Waals surface area contributed by atoms with Gasteiger partial charge >= 0.3 is 0 Å². The molecule has 1 atom stereocenters. The minimum absolute atomic E-state index is 0.223. The second kappa shape index (κ2) is 8.96. The Labute approximate surface area is 157 Å². The molecule has 0 radical (unpaired) electrons.